The van der Waals surface area contributed by atoms with Gasteiger partial charge in [-0.15, -0.1) is 0 Å². The summed E-state index contributed by atoms with van der Waals surface area (Å²) in [7, 11) is 3.58. The van der Waals surface area contributed by atoms with Crippen molar-refractivity contribution >= 4 is 17.6 Å². The van der Waals surface area contributed by atoms with E-state index in [0.29, 0.717) is 17.2 Å². The Balaban J connectivity index is 2.94. The van der Waals surface area contributed by atoms with Crippen LogP contribution in [0.1, 0.15) is 24.9 Å². The topological polar surface area (TPSA) is 29.5 Å². The Morgan fingerprint density at radius 1 is 1.50 bits per heavy atom. The first kappa shape index (κ1) is 14.9. The van der Waals surface area contributed by atoms with E-state index in [4.69, 9.17) is 16.3 Å². The lowest BCUT2D eigenvalue weighted by molar-refractivity contribution is -0.144. The molecule has 0 radical (unpaired) electrons. The lowest BCUT2D eigenvalue weighted by Crippen LogP contribution is -2.24. The molecule has 0 aromatic heterocycles. The van der Waals surface area contributed by atoms with Crippen molar-refractivity contribution in [1.82, 2.24) is 4.90 Å². The van der Waals surface area contributed by atoms with Crippen LogP contribution >= 0.6 is 11.6 Å². The molecule has 0 aliphatic carbocycles. The summed E-state index contributed by atoms with van der Waals surface area (Å²) < 4.78 is 18.7. The van der Waals surface area contributed by atoms with E-state index in [-0.39, 0.29) is 18.4 Å². The minimum absolute atomic E-state index is 0.111. The van der Waals surface area contributed by atoms with Crippen molar-refractivity contribution in [3.05, 3.63) is 34.6 Å². The number of hydrogen-bond acceptors (Lipinski definition) is 3. The minimum atomic E-state index is -0.412. The number of carbonyl (C=O) groups excluding carboxylic acids is 1. The number of hydrogen-bond donors (Lipinski definition) is 0. The van der Waals surface area contributed by atoms with Crippen molar-refractivity contribution in [2.75, 3.05) is 20.7 Å². The number of rotatable bonds is 5. The summed E-state index contributed by atoms with van der Waals surface area (Å²) in [5, 5.41) is 0.338. The molecule has 0 N–H and O–H groups in total. The molecule has 18 heavy (non-hydrogen) atoms. The van der Waals surface area contributed by atoms with E-state index in [1.165, 1.54) is 6.07 Å². The molecule has 0 aliphatic heterocycles. The number of halogens is 2. The summed E-state index contributed by atoms with van der Waals surface area (Å²) in [5.41, 5.74) is 0.442. The zero-order valence-corrected chi connectivity index (χ0v) is 11.5. The number of benzene rings is 1. The second-order valence-corrected chi connectivity index (χ2v) is 4.59. The van der Waals surface area contributed by atoms with Crippen LogP contribution in [-0.4, -0.2) is 31.6 Å². The molecule has 100 valence electrons. The highest BCUT2D eigenvalue weighted by Crippen LogP contribution is 2.27. The summed E-state index contributed by atoms with van der Waals surface area (Å²) in [5.74, 6) is -0.754. The molecule has 1 unspecified atom stereocenters. The Morgan fingerprint density at radius 2 is 2.17 bits per heavy atom. The van der Waals surface area contributed by atoms with Gasteiger partial charge in [-0.05, 0) is 33.2 Å². The maximum Gasteiger partial charge on any atom is 0.307 e. The van der Waals surface area contributed by atoms with Crippen molar-refractivity contribution in [1.29, 1.82) is 0 Å². The van der Waals surface area contributed by atoms with Gasteiger partial charge in [-0.25, -0.2) is 4.39 Å². The van der Waals surface area contributed by atoms with Crippen molar-refractivity contribution in [3.8, 4) is 0 Å². The van der Waals surface area contributed by atoms with Gasteiger partial charge in [-0.3, -0.25) is 4.79 Å². The van der Waals surface area contributed by atoms with E-state index >= 15 is 0 Å². The first-order valence-corrected chi connectivity index (χ1v) is 6.10. The van der Waals surface area contributed by atoms with Gasteiger partial charge in [0.15, 0.2) is 0 Å². The molecule has 5 heteroatoms. The Hall–Kier alpha value is -1.13. The zero-order chi connectivity index (χ0) is 13.7. The van der Waals surface area contributed by atoms with Gasteiger partial charge in [0.2, 0.25) is 0 Å². The van der Waals surface area contributed by atoms with E-state index in [9.17, 15) is 9.18 Å². The monoisotopic (exact) mass is 273 g/mol. The van der Waals surface area contributed by atoms with E-state index < -0.39 is 5.82 Å². The highest BCUT2D eigenvalue weighted by molar-refractivity contribution is 6.30. The van der Waals surface area contributed by atoms with Gasteiger partial charge < -0.3 is 9.64 Å². The Kier molecular flexibility index (Phi) is 5.56. The summed E-state index contributed by atoms with van der Waals surface area (Å²) in [6.45, 7) is 2.06. The molecule has 3 nitrogen and oxygen atoms in total. The van der Waals surface area contributed by atoms with Crippen LogP contribution in [0.2, 0.25) is 5.02 Å². The third-order valence-corrected chi connectivity index (χ3v) is 2.85. The van der Waals surface area contributed by atoms with E-state index in [1.807, 2.05) is 0 Å². The van der Waals surface area contributed by atoms with E-state index in [0.717, 1.165) is 0 Å². The summed E-state index contributed by atoms with van der Waals surface area (Å²) in [4.78, 5) is 13.3. The third kappa shape index (κ3) is 3.96. The van der Waals surface area contributed by atoms with Crippen molar-refractivity contribution in [3.63, 3.8) is 0 Å². The largest absolute Gasteiger partial charge is 0.466 e. The van der Waals surface area contributed by atoms with Gasteiger partial charge in [0, 0.05) is 16.6 Å². The van der Waals surface area contributed by atoms with Crippen LogP contribution in [0.5, 0.6) is 0 Å². The van der Waals surface area contributed by atoms with E-state index in [2.05, 4.69) is 0 Å². The molecular formula is C13H17ClFNO2. The second-order valence-electron chi connectivity index (χ2n) is 4.15. The number of ether oxygens (including phenoxy) is 1. The quantitative estimate of drug-likeness (QED) is 0.773. The Morgan fingerprint density at radius 3 is 2.67 bits per heavy atom. The molecule has 0 aliphatic rings. The number of carbonyl (C=O) groups is 1. The maximum absolute atomic E-state index is 13.8. The molecule has 0 saturated carbocycles. The summed E-state index contributed by atoms with van der Waals surface area (Å²) >= 11 is 5.71. The smallest absolute Gasteiger partial charge is 0.307 e. The molecule has 0 spiro atoms. The van der Waals surface area contributed by atoms with Gasteiger partial charge in [-0.2, -0.15) is 0 Å². The van der Waals surface area contributed by atoms with Crippen LogP contribution in [-0.2, 0) is 9.53 Å². The summed E-state index contributed by atoms with van der Waals surface area (Å²) in [6.07, 6.45) is 0.111. The molecule has 0 heterocycles. The molecule has 0 bridgehead atoms. The van der Waals surface area contributed by atoms with Crippen LogP contribution in [0, 0.1) is 5.82 Å². The SMILES string of the molecule is CCOC(=O)CC(c1ccc(Cl)cc1F)N(C)C. The van der Waals surface area contributed by atoms with E-state index in [1.54, 1.807) is 38.1 Å². The first-order valence-electron chi connectivity index (χ1n) is 5.72. The Labute approximate surface area is 111 Å². The molecule has 0 saturated heterocycles. The molecule has 1 aromatic carbocycles. The molecular weight excluding hydrogens is 257 g/mol. The average molecular weight is 274 g/mol. The number of esters is 1. The van der Waals surface area contributed by atoms with Crippen LogP contribution in [0.25, 0.3) is 0 Å². The fourth-order valence-corrected chi connectivity index (χ4v) is 1.88. The highest BCUT2D eigenvalue weighted by Gasteiger charge is 2.22. The Bertz CT molecular complexity index is 423. The molecule has 1 rings (SSSR count). The lowest BCUT2D eigenvalue weighted by atomic mass is 10.0. The first-order chi connectivity index (χ1) is 8.45. The predicted molar refractivity (Wildman–Crippen MR) is 69.1 cm³/mol. The van der Waals surface area contributed by atoms with Crippen LogP contribution in [0.15, 0.2) is 18.2 Å². The minimum Gasteiger partial charge on any atom is -0.466 e. The van der Waals surface area contributed by atoms with Gasteiger partial charge in [0.05, 0.1) is 13.0 Å². The second kappa shape index (κ2) is 6.71. The predicted octanol–water partition coefficient (Wildman–Crippen LogP) is 3.04. The van der Waals surface area contributed by atoms with Crippen molar-refractivity contribution in [2.45, 2.75) is 19.4 Å². The average Bonchev–Trinajstić information content (AvgIpc) is 2.27. The van der Waals surface area contributed by atoms with Crippen molar-refractivity contribution < 1.29 is 13.9 Å². The van der Waals surface area contributed by atoms with Gasteiger partial charge in [-0.1, -0.05) is 17.7 Å². The number of nitrogens with zero attached hydrogens (tertiary/aromatic N) is 1. The molecule has 1 aromatic rings. The van der Waals surface area contributed by atoms with Crippen molar-refractivity contribution in [2.24, 2.45) is 0 Å². The third-order valence-electron chi connectivity index (χ3n) is 2.61. The zero-order valence-electron chi connectivity index (χ0n) is 10.7. The van der Waals surface area contributed by atoms with Crippen LogP contribution < -0.4 is 0 Å². The fraction of sp³-hybridized carbons (Fsp3) is 0.462. The molecule has 1 atom stereocenters. The van der Waals surface area contributed by atoms with Crippen LogP contribution in [0.3, 0.4) is 0 Å². The molecule has 0 fully saturated rings. The maximum atomic E-state index is 13.8. The van der Waals surface area contributed by atoms with Gasteiger partial charge in [0.25, 0.3) is 0 Å². The van der Waals surface area contributed by atoms with Gasteiger partial charge >= 0.3 is 5.97 Å². The molecule has 0 amide bonds. The van der Waals surface area contributed by atoms with Gasteiger partial charge in [0.1, 0.15) is 5.82 Å². The van der Waals surface area contributed by atoms with Crippen LogP contribution in [0.4, 0.5) is 4.39 Å². The fourth-order valence-electron chi connectivity index (χ4n) is 1.72. The lowest BCUT2D eigenvalue weighted by Gasteiger charge is -2.24. The normalized spacial score (nSPS) is 12.6. The highest BCUT2D eigenvalue weighted by atomic mass is 35.5. The standard InChI is InChI=1S/C13H17ClFNO2/c1-4-18-13(17)8-12(16(2)3)10-6-5-9(14)7-11(10)15/h5-7,12H,4,8H2,1-3H3. The summed E-state index contributed by atoms with van der Waals surface area (Å²) in [6, 6.07) is 4.10.